The van der Waals surface area contributed by atoms with E-state index < -0.39 is 16.7 Å². The van der Waals surface area contributed by atoms with Crippen molar-refractivity contribution in [2.75, 3.05) is 0 Å². The fourth-order valence-electron chi connectivity index (χ4n) is 2.32. The van der Waals surface area contributed by atoms with Crippen LogP contribution >= 0.6 is 0 Å². The van der Waals surface area contributed by atoms with Crippen LogP contribution < -0.4 is 4.72 Å². The van der Waals surface area contributed by atoms with Gasteiger partial charge in [0.25, 0.3) is 0 Å². The van der Waals surface area contributed by atoms with Crippen molar-refractivity contribution in [2.45, 2.75) is 63.5 Å². The van der Waals surface area contributed by atoms with Crippen molar-refractivity contribution in [3.8, 4) is 0 Å². The van der Waals surface area contributed by atoms with Crippen molar-refractivity contribution in [3.63, 3.8) is 0 Å². The lowest BCUT2D eigenvalue weighted by Gasteiger charge is -2.21. The number of alkyl halides is 1. The predicted molar refractivity (Wildman–Crippen MR) is 90.0 cm³/mol. The third-order valence-corrected chi connectivity index (χ3v) is 5.74. The first-order valence-electron chi connectivity index (χ1n) is 7.86. The molecule has 0 amide bonds. The summed E-state index contributed by atoms with van der Waals surface area (Å²) in [5.74, 6) is 0. The Kier molecular flexibility index (Phi) is 4.04. The molecule has 1 fully saturated rings. The summed E-state index contributed by atoms with van der Waals surface area (Å²) in [4.78, 5) is 4.44. The smallest absolute Gasteiger partial charge is 0.130 e. The molecule has 0 aliphatic heterocycles. The molecule has 1 saturated carbocycles. The number of hydrogen-bond acceptors (Lipinski definition) is 3. The van der Waals surface area contributed by atoms with E-state index in [1.54, 1.807) is 17.1 Å². The van der Waals surface area contributed by atoms with Crippen molar-refractivity contribution in [3.05, 3.63) is 24.2 Å². The molecule has 5 nitrogen and oxygen atoms in total. The highest BCUT2D eigenvalue weighted by atomic mass is 32.2. The van der Waals surface area contributed by atoms with Crippen molar-refractivity contribution in [1.82, 2.24) is 19.5 Å². The average Bonchev–Trinajstić information content (AvgIpc) is 3.06. The second-order valence-electron chi connectivity index (χ2n) is 7.34. The number of nitrogens with zero attached hydrogens (tertiary/aromatic N) is 3. The zero-order valence-corrected chi connectivity index (χ0v) is 14.8. The van der Waals surface area contributed by atoms with E-state index in [4.69, 9.17) is 0 Å². The molecule has 2 atom stereocenters. The van der Waals surface area contributed by atoms with Gasteiger partial charge in [-0.15, -0.1) is 0 Å². The predicted octanol–water partition coefficient (Wildman–Crippen LogP) is 3.05. The lowest BCUT2D eigenvalue weighted by molar-refractivity contribution is 0.264. The fraction of sp³-hybridized carbons (Fsp3) is 0.625. The van der Waals surface area contributed by atoms with E-state index in [2.05, 4.69) is 14.8 Å². The van der Waals surface area contributed by atoms with E-state index in [1.807, 2.05) is 33.8 Å². The first-order chi connectivity index (χ1) is 10.7. The zero-order valence-electron chi connectivity index (χ0n) is 14.0. The molecule has 0 saturated heterocycles. The second kappa shape index (κ2) is 5.63. The third kappa shape index (κ3) is 3.61. The minimum absolute atomic E-state index is 0.140. The summed E-state index contributed by atoms with van der Waals surface area (Å²) in [6.45, 7) is 8.00. The van der Waals surface area contributed by atoms with Crippen LogP contribution in [-0.2, 0) is 17.5 Å². The minimum atomic E-state index is -1.16. The van der Waals surface area contributed by atoms with Gasteiger partial charge in [-0.1, -0.05) is 0 Å². The van der Waals surface area contributed by atoms with Gasteiger partial charge in [-0.3, -0.25) is 9.67 Å². The fourth-order valence-corrected chi connectivity index (χ4v) is 3.11. The Balaban J connectivity index is 1.79. The monoisotopic (exact) mass is 338 g/mol. The van der Waals surface area contributed by atoms with Crippen molar-refractivity contribution in [2.24, 2.45) is 0 Å². The summed E-state index contributed by atoms with van der Waals surface area (Å²) in [7, 11) is -1.16. The van der Waals surface area contributed by atoms with Crippen molar-refractivity contribution >= 4 is 21.9 Å². The molecule has 0 radical (unpaired) electrons. The van der Waals surface area contributed by atoms with E-state index in [-0.39, 0.29) is 10.8 Å². The van der Waals surface area contributed by atoms with Crippen molar-refractivity contribution < 1.29 is 8.60 Å². The molecule has 0 bridgehead atoms. The van der Waals surface area contributed by atoms with Gasteiger partial charge in [-0.05, 0) is 46.6 Å². The van der Waals surface area contributed by atoms with Gasteiger partial charge in [0.05, 0.1) is 51.9 Å². The zero-order chi connectivity index (χ0) is 16.8. The third-order valence-electron chi connectivity index (χ3n) is 4.06. The summed E-state index contributed by atoms with van der Waals surface area (Å²) >= 11 is 0. The summed E-state index contributed by atoms with van der Waals surface area (Å²) in [6, 6.07) is 1.78. The number of hydrogen-bond donors (Lipinski definition) is 1. The van der Waals surface area contributed by atoms with Crippen LogP contribution in [0.15, 0.2) is 18.5 Å². The van der Waals surface area contributed by atoms with Gasteiger partial charge in [0.1, 0.15) is 5.67 Å². The maximum atomic E-state index is 13.9. The molecule has 1 N–H and O–H groups in total. The minimum Gasteiger partial charge on any atom is -0.260 e. The highest BCUT2D eigenvalue weighted by molar-refractivity contribution is 7.84. The Morgan fingerprint density at radius 2 is 2.13 bits per heavy atom. The Labute approximate surface area is 138 Å². The average molecular weight is 338 g/mol. The Morgan fingerprint density at radius 1 is 1.43 bits per heavy atom. The SMILES string of the molecule is C[C@@H](N[S@](=O)C(C)(C)C)c1cc2cnn(CC3(F)CC3)c2cn1. The second-order valence-corrected chi connectivity index (χ2v) is 9.34. The summed E-state index contributed by atoms with van der Waals surface area (Å²) in [5, 5.41) is 5.20. The van der Waals surface area contributed by atoms with E-state index in [9.17, 15) is 8.60 Å². The molecule has 7 heteroatoms. The molecule has 23 heavy (non-hydrogen) atoms. The van der Waals surface area contributed by atoms with Gasteiger partial charge in [-0.25, -0.2) is 13.3 Å². The molecular formula is C16H23FN4OS. The van der Waals surface area contributed by atoms with Crippen molar-refractivity contribution in [1.29, 1.82) is 0 Å². The molecule has 1 aliphatic rings. The van der Waals surface area contributed by atoms with Crippen LogP contribution in [0.4, 0.5) is 4.39 Å². The molecule has 2 heterocycles. The van der Waals surface area contributed by atoms with Crippen LogP contribution in [0.3, 0.4) is 0 Å². The van der Waals surface area contributed by atoms with Gasteiger partial charge in [0.15, 0.2) is 0 Å². The number of pyridine rings is 1. The Hall–Kier alpha value is -1.34. The lowest BCUT2D eigenvalue weighted by Crippen LogP contribution is -2.35. The highest BCUT2D eigenvalue weighted by Crippen LogP contribution is 2.41. The number of halogens is 1. The van der Waals surface area contributed by atoms with Crippen LogP contribution in [0.1, 0.15) is 52.3 Å². The van der Waals surface area contributed by atoms with Crippen LogP contribution in [0.5, 0.6) is 0 Å². The molecule has 1 aliphatic carbocycles. The number of fused-ring (bicyclic) bond motifs is 1. The standard InChI is InChI=1S/C16H23FN4OS/c1-11(20-23(22)15(2,3)4)13-7-12-8-19-21(14(12)9-18-13)10-16(17)5-6-16/h7-9,11,20H,5-6,10H2,1-4H3/t11-,23-/m1/s1. The molecule has 2 aromatic rings. The largest absolute Gasteiger partial charge is 0.260 e. The van der Waals surface area contributed by atoms with Gasteiger partial charge in [0, 0.05) is 5.39 Å². The summed E-state index contributed by atoms with van der Waals surface area (Å²) < 4.78 is 30.6. The molecule has 0 unspecified atom stereocenters. The summed E-state index contributed by atoms with van der Waals surface area (Å²) in [6.07, 6.45) is 4.68. The Bertz CT molecular complexity index is 748. The summed E-state index contributed by atoms with van der Waals surface area (Å²) in [5.41, 5.74) is 0.550. The van der Waals surface area contributed by atoms with E-state index in [1.165, 1.54) is 0 Å². The van der Waals surface area contributed by atoms with Gasteiger partial charge < -0.3 is 0 Å². The molecular weight excluding hydrogens is 315 g/mol. The molecule has 126 valence electrons. The van der Waals surface area contributed by atoms with E-state index >= 15 is 0 Å². The van der Waals surface area contributed by atoms with Gasteiger partial charge in [-0.2, -0.15) is 5.10 Å². The first-order valence-corrected chi connectivity index (χ1v) is 9.01. The number of rotatable bonds is 5. The molecule has 2 aromatic heterocycles. The van der Waals surface area contributed by atoms with E-state index in [0.717, 1.165) is 16.6 Å². The van der Waals surface area contributed by atoms with Crippen LogP contribution in [0.2, 0.25) is 0 Å². The Morgan fingerprint density at radius 3 is 2.74 bits per heavy atom. The normalized spacial score (nSPS) is 19.7. The maximum absolute atomic E-state index is 13.9. The molecule has 0 aromatic carbocycles. The van der Waals surface area contributed by atoms with Crippen LogP contribution in [0.25, 0.3) is 10.9 Å². The molecule has 0 spiro atoms. The lowest BCUT2D eigenvalue weighted by atomic mass is 10.2. The first kappa shape index (κ1) is 16.5. The van der Waals surface area contributed by atoms with Crippen LogP contribution in [0, 0.1) is 0 Å². The topological polar surface area (TPSA) is 59.8 Å². The van der Waals surface area contributed by atoms with E-state index in [0.29, 0.717) is 19.4 Å². The van der Waals surface area contributed by atoms with Crippen LogP contribution in [-0.4, -0.2) is 29.4 Å². The van der Waals surface area contributed by atoms with Gasteiger partial charge in [0.2, 0.25) is 0 Å². The van der Waals surface area contributed by atoms with Gasteiger partial charge >= 0.3 is 0 Å². The highest BCUT2D eigenvalue weighted by Gasteiger charge is 2.44. The number of nitrogens with one attached hydrogen (secondary N) is 1. The quantitative estimate of drug-likeness (QED) is 0.911. The maximum Gasteiger partial charge on any atom is 0.130 e. The number of aromatic nitrogens is 3. The molecule has 3 rings (SSSR count).